The first-order chi connectivity index (χ1) is 10.4. The third-order valence-electron chi connectivity index (χ3n) is 3.25. The van der Waals surface area contributed by atoms with Crippen molar-refractivity contribution >= 4 is 5.82 Å². The van der Waals surface area contributed by atoms with Crippen molar-refractivity contribution < 1.29 is 0 Å². The van der Waals surface area contributed by atoms with Crippen LogP contribution in [0.1, 0.15) is 5.56 Å². The summed E-state index contributed by atoms with van der Waals surface area (Å²) in [5, 5.41) is 3.35. The summed E-state index contributed by atoms with van der Waals surface area (Å²) >= 11 is 0. The molecule has 0 bridgehead atoms. The Labute approximate surface area is 124 Å². The molecule has 3 nitrogen and oxygen atoms in total. The van der Waals surface area contributed by atoms with Crippen LogP contribution in [0.5, 0.6) is 0 Å². The van der Waals surface area contributed by atoms with Crippen LogP contribution in [0.4, 0.5) is 5.82 Å². The second-order valence-corrected chi connectivity index (χ2v) is 4.79. The molecular formula is C18H17N3. The first-order valence-electron chi connectivity index (χ1n) is 7.08. The van der Waals surface area contributed by atoms with E-state index in [4.69, 9.17) is 0 Å². The predicted molar refractivity (Wildman–Crippen MR) is 86.1 cm³/mol. The van der Waals surface area contributed by atoms with Crippen LogP contribution < -0.4 is 5.32 Å². The lowest BCUT2D eigenvalue weighted by atomic mass is 10.1. The van der Waals surface area contributed by atoms with E-state index in [-0.39, 0.29) is 0 Å². The molecule has 0 aliphatic carbocycles. The summed E-state index contributed by atoms with van der Waals surface area (Å²) in [6.07, 6.45) is 2.77. The highest BCUT2D eigenvalue weighted by atomic mass is 15.0. The van der Waals surface area contributed by atoms with Crippen molar-refractivity contribution in [3.8, 4) is 11.4 Å². The monoisotopic (exact) mass is 275 g/mol. The number of anilines is 1. The van der Waals surface area contributed by atoms with Crippen LogP contribution in [0, 0.1) is 0 Å². The molecule has 0 radical (unpaired) electrons. The smallest absolute Gasteiger partial charge is 0.161 e. The number of hydrogen-bond donors (Lipinski definition) is 1. The Kier molecular flexibility index (Phi) is 4.22. The van der Waals surface area contributed by atoms with Crippen LogP contribution in [0.25, 0.3) is 11.4 Å². The second kappa shape index (κ2) is 6.66. The Hall–Kier alpha value is -2.68. The number of rotatable bonds is 5. The molecule has 0 atom stereocenters. The van der Waals surface area contributed by atoms with Gasteiger partial charge in [0.1, 0.15) is 5.82 Å². The molecule has 1 N–H and O–H groups in total. The maximum Gasteiger partial charge on any atom is 0.161 e. The molecule has 2 aromatic carbocycles. The maximum atomic E-state index is 4.55. The molecule has 0 saturated carbocycles. The molecule has 3 aromatic rings. The number of benzene rings is 2. The van der Waals surface area contributed by atoms with E-state index in [2.05, 4.69) is 39.6 Å². The number of nitrogens with one attached hydrogen (secondary N) is 1. The summed E-state index contributed by atoms with van der Waals surface area (Å²) in [5.74, 6) is 1.61. The van der Waals surface area contributed by atoms with Crippen LogP contribution in [0.15, 0.2) is 72.9 Å². The van der Waals surface area contributed by atoms with E-state index in [1.54, 1.807) is 6.20 Å². The molecule has 0 saturated heterocycles. The van der Waals surface area contributed by atoms with E-state index in [0.29, 0.717) is 0 Å². The number of hydrogen-bond acceptors (Lipinski definition) is 3. The normalized spacial score (nSPS) is 10.3. The molecule has 3 rings (SSSR count). The standard InChI is InChI=1S/C18H17N3/c1-3-7-15(8-4-1)11-13-19-17-12-14-20-18(21-17)16-9-5-2-6-10-16/h1-10,12,14H,11,13H2,(H,19,20,21). The molecule has 0 aliphatic rings. The fraction of sp³-hybridized carbons (Fsp3) is 0.111. The molecule has 0 spiro atoms. The third kappa shape index (κ3) is 3.66. The highest BCUT2D eigenvalue weighted by Crippen LogP contribution is 2.15. The lowest BCUT2D eigenvalue weighted by molar-refractivity contribution is 1.00. The van der Waals surface area contributed by atoms with E-state index in [0.717, 1.165) is 30.2 Å². The zero-order valence-corrected chi connectivity index (χ0v) is 11.7. The van der Waals surface area contributed by atoms with Gasteiger partial charge in [0, 0.05) is 18.3 Å². The fourth-order valence-corrected chi connectivity index (χ4v) is 2.16. The van der Waals surface area contributed by atoms with Crippen molar-refractivity contribution in [2.24, 2.45) is 0 Å². The second-order valence-electron chi connectivity index (χ2n) is 4.79. The van der Waals surface area contributed by atoms with Gasteiger partial charge in [-0.2, -0.15) is 0 Å². The van der Waals surface area contributed by atoms with Crippen molar-refractivity contribution in [2.75, 3.05) is 11.9 Å². The van der Waals surface area contributed by atoms with Crippen molar-refractivity contribution in [3.05, 3.63) is 78.5 Å². The quantitative estimate of drug-likeness (QED) is 0.769. The van der Waals surface area contributed by atoms with Crippen LogP contribution in [-0.4, -0.2) is 16.5 Å². The molecule has 104 valence electrons. The highest BCUT2D eigenvalue weighted by Gasteiger charge is 2.01. The average molecular weight is 275 g/mol. The van der Waals surface area contributed by atoms with Crippen molar-refractivity contribution in [3.63, 3.8) is 0 Å². The van der Waals surface area contributed by atoms with Gasteiger partial charge in [-0.15, -0.1) is 0 Å². The molecule has 0 unspecified atom stereocenters. The van der Waals surface area contributed by atoms with Gasteiger partial charge in [-0.1, -0.05) is 60.7 Å². The Bertz CT molecular complexity index is 681. The van der Waals surface area contributed by atoms with Gasteiger partial charge < -0.3 is 5.32 Å². The summed E-state index contributed by atoms with van der Waals surface area (Å²) in [7, 11) is 0. The largest absolute Gasteiger partial charge is 0.370 e. The summed E-state index contributed by atoms with van der Waals surface area (Å²) in [4.78, 5) is 8.88. The zero-order valence-electron chi connectivity index (χ0n) is 11.7. The fourth-order valence-electron chi connectivity index (χ4n) is 2.16. The van der Waals surface area contributed by atoms with Gasteiger partial charge in [0.25, 0.3) is 0 Å². The van der Waals surface area contributed by atoms with E-state index >= 15 is 0 Å². The van der Waals surface area contributed by atoms with E-state index in [9.17, 15) is 0 Å². The molecule has 3 heteroatoms. The van der Waals surface area contributed by atoms with Gasteiger partial charge in [0.05, 0.1) is 0 Å². The molecule has 1 aromatic heterocycles. The van der Waals surface area contributed by atoms with Crippen molar-refractivity contribution in [1.29, 1.82) is 0 Å². The summed E-state index contributed by atoms with van der Waals surface area (Å²) in [6, 6.07) is 22.3. The van der Waals surface area contributed by atoms with Gasteiger partial charge in [0.15, 0.2) is 5.82 Å². The molecule has 0 aliphatic heterocycles. The minimum absolute atomic E-state index is 0.750. The lowest BCUT2D eigenvalue weighted by Crippen LogP contribution is -2.06. The number of nitrogens with zero attached hydrogens (tertiary/aromatic N) is 2. The first-order valence-corrected chi connectivity index (χ1v) is 7.08. The van der Waals surface area contributed by atoms with Crippen LogP contribution >= 0.6 is 0 Å². The summed E-state index contributed by atoms with van der Waals surface area (Å²) in [6.45, 7) is 0.856. The summed E-state index contributed by atoms with van der Waals surface area (Å²) in [5.41, 5.74) is 2.35. The Balaban J connectivity index is 1.64. The highest BCUT2D eigenvalue weighted by molar-refractivity contribution is 5.56. The molecule has 0 amide bonds. The van der Waals surface area contributed by atoms with Crippen LogP contribution in [-0.2, 0) is 6.42 Å². The zero-order chi connectivity index (χ0) is 14.3. The Morgan fingerprint density at radius 2 is 1.52 bits per heavy atom. The first kappa shape index (κ1) is 13.3. The Morgan fingerprint density at radius 1 is 0.810 bits per heavy atom. The third-order valence-corrected chi connectivity index (χ3v) is 3.25. The average Bonchev–Trinajstić information content (AvgIpc) is 2.57. The van der Waals surface area contributed by atoms with Gasteiger partial charge in [-0.05, 0) is 18.1 Å². The SMILES string of the molecule is c1ccc(CCNc2ccnc(-c3ccccc3)n2)cc1. The van der Waals surface area contributed by atoms with Gasteiger partial charge in [-0.3, -0.25) is 0 Å². The van der Waals surface area contributed by atoms with E-state index in [1.165, 1.54) is 5.56 Å². The van der Waals surface area contributed by atoms with Crippen LogP contribution in [0.2, 0.25) is 0 Å². The van der Waals surface area contributed by atoms with Gasteiger partial charge in [0.2, 0.25) is 0 Å². The van der Waals surface area contributed by atoms with Gasteiger partial charge in [-0.25, -0.2) is 9.97 Å². The van der Waals surface area contributed by atoms with E-state index < -0.39 is 0 Å². The lowest BCUT2D eigenvalue weighted by Gasteiger charge is -2.07. The molecule has 0 fully saturated rings. The van der Waals surface area contributed by atoms with Crippen molar-refractivity contribution in [1.82, 2.24) is 9.97 Å². The summed E-state index contributed by atoms with van der Waals surface area (Å²) < 4.78 is 0. The molecular weight excluding hydrogens is 258 g/mol. The molecule has 21 heavy (non-hydrogen) atoms. The number of aromatic nitrogens is 2. The maximum absolute atomic E-state index is 4.55. The molecule has 1 heterocycles. The van der Waals surface area contributed by atoms with Crippen molar-refractivity contribution in [2.45, 2.75) is 6.42 Å². The van der Waals surface area contributed by atoms with Gasteiger partial charge >= 0.3 is 0 Å². The van der Waals surface area contributed by atoms with Crippen LogP contribution in [0.3, 0.4) is 0 Å². The Morgan fingerprint density at radius 3 is 2.29 bits per heavy atom. The predicted octanol–water partition coefficient (Wildman–Crippen LogP) is 3.80. The van der Waals surface area contributed by atoms with E-state index in [1.807, 2.05) is 42.5 Å². The minimum atomic E-state index is 0.750. The topological polar surface area (TPSA) is 37.8 Å². The minimum Gasteiger partial charge on any atom is -0.370 e.